The van der Waals surface area contributed by atoms with Crippen LogP contribution in [0.5, 0.6) is 5.75 Å². The minimum absolute atomic E-state index is 0.0768. The highest BCUT2D eigenvalue weighted by atomic mass is 16.5. The number of aromatic nitrogens is 2. The van der Waals surface area contributed by atoms with Crippen LogP contribution in [0.25, 0.3) is 0 Å². The smallest absolute Gasteiger partial charge is 0.129 e. The molecule has 0 saturated heterocycles. The molecule has 0 saturated carbocycles. The van der Waals surface area contributed by atoms with Gasteiger partial charge in [-0.3, -0.25) is 4.68 Å². The fourth-order valence-electron chi connectivity index (χ4n) is 2.79. The van der Waals surface area contributed by atoms with Gasteiger partial charge in [0.2, 0.25) is 0 Å². The van der Waals surface area contributed by atoms with Gasteiger partial charge in [-0.15, -0.1) is 0 Å². The van der Waals surface area contributed by atoms with Gasteiger partial charge in [0.1, 0.15) is 11.9 Å². The molecule has 1 aliphatic heterocycles. The normalized spacial score (nSPS) is 21.3. The Morgan fingerprint density at radius 2 is 2.25 bits per heavy atom. The first-order chi connectivity index (χ1) is 9.81. The lowest BCUT2D eigenvalue weighted by Gasteiger charge is -2.31. The summed E-state index contributed by atoms with van der Waals surface area (Å²) in [5, 5.41) is 7.79. The highest BCUT2D eigenvalue weighted by molar-refractivity contribution is 5.38. The average Bonchev–Trinajstić information content (AvgIpc) is 2.95. The quantitative estimate of drug-likeness (QED) is 0.929. The van der Waals surface area contributed by atoms with Crippen LogP contribution in [0.15, 0.2) is 36.7 Å². The summed E-state index contributed by atoms with van der Waals surface area (Å²) in [6, 6.07) is 8.59. The standard InChI is InChI=1S/C16H21N3O/c1-3-8-19-11-12(10-18-19)16-9-14(17-2)13-6-4-5-7-15(13)20-16/h4-7,10-11,14,16-17H,3,8-9H2,1-2H3. The van der Waals surface area contributed by atoms with Crippen LogP contribution in [0.2, 0.25) is 0 Å². The van der Waals surface area contributed by atoms with Crippen molar-refractivity contribution < 1.29 is 4.74 Å². The van der Waals surface area contributed by atoms with Gasteiger partial charge in [0.25, 0.3) is 0 Å². The van der Waals surface area contributed by atoms with Crippen LogP contribution in [0.3, 0.4) is 0 Å². The monoisotopic (exact) mass is 271 g/mol. The molecule has 0 aliphatic carbocycles. The second-order valence-electron chi connectivity index (χ2n) is 5.26. The fourth-order valence-corrected chi connectivity index (χ4v) is 2.79. The number of rotatable bonds is 4. The molecule has 106 valence electrons. The van der Waals surface area contributed by atoms with Crippen molar-refractivity contribution >= 4 is 0 Å². The number of benzene rings is 1. The van der Waals surface area contributed by atoms with E-state index in [4.69, 9.17) is 4.74 Å². The van der Waals surface area contributed by atoms with Crippen LogP contribution in [0, 0.1) is 0 Å². The van der Waals surface area contributed by atoms with E-state index in [1.54, 1.807) is 0 Å². The summed E-state index contributed by atoms with van der Waals surface area (Å²) in [6.45, 7) is 3.12. The summed E-state index contributed by atoms with van der Waals surface area (Å²) in [5.74, 6) is 0.978. The van der Waals surface area contributed by atoms with Crippen molar-refractivity contribution in [1.29, 1.82) is 0 Å². The molecule has 4 nitrogen and oxygen atoms in total. The number of nitrogens with zero attached hydrogens (tertiary/aromatic N) is 2. The molecular weight excluding hydrogens is 250 g/mol. The summed E-state index contributed by atoms with van der Waals surface area (Å²) in [5.41, 5.74) is 2.40. The van der Waals surface area contributed by atoms with Crippen molar-refractivity contribution in [3.63, 3.8) is 0 Å². The zero-order valence-electron chi connectivity index (χ0n) is 12.0. The van der Waals surface area contributed by atoms with Gasteiger partial charge in [-0.25, -0.2) is 0 Å². The number of aryl methyl sites for hydroxylation is 1. The lowest BCUT2D eigenvalue weighted by molar-refractivity contribution is 0.154. The van der Waals surface area contributed by atoms with E-state index in [0.717, 1.165) is 30.7 Å². The molecule has 0 radical (unpaired) electrons. The molecule has 2 atom stereocenters. The number of nitrogens with one attached hydrogen (secondary N) is 1. The van der Waals surface area contributed by atoms with Crippen molar-refractivity contribution in [3.8, 4) is 5.75 Å². The molecule has 0 fully saturated rings. The third-order valence-electron chi connectivity index (χ3n) is 3.84. The summed E-state index contributed by atoms with van der Waals surface area (Å²) in [7, 11) is 2.00. The minimum Gasteiger partial charge on any atom is -0.485 e. The third kappa shape index (κ3) is 2.43. The highest BCUT2D eigenvalue weighted by Gasteiger charge is 2.28. The number of ether oxygens (including phenoxy) is 1. The predicted molar refractivity (Wildman–Crippen MR) is 78.7 cm³/mol. The molecule has 20 heavy (non-hydrogen) atoms. The lowest BCUT2D eigenvalue weighted by Crippen LogP contribution is -2.26. The lowest BCUT2D eigenvalue weighted by atomic mass is 9.94. The maximum atomic E-state index is 6.15. The number of fused-ring (bicyclic) bond motifs is 1. The second-order valence-corrected chi connectivity index (χ2v) is 5.26. The maximum absolute atomic E-state index is 6.15. The molecule has 1 N–H and O–H groups in total. The van der Waals surface area contributed by atoms with Crippen LogP contribution in [0.1, 0.15) is 43.0 Å². The van der Waals surface area contributed by atoms with E-state index >= 15 is 0 Å². The molecule has 2 heterocycles. The molecule has 1 aromatic heterocycles. The SMILES string of the molecule is CCCn1cc(C2CC(NC)c3ccccc3O2)cn1. The molecule has 2 unspecified atom stereocenters. The Morgan fingerprint density at radius 3 is 3.05 bits per heavy atom. The third-order valence-corrected chi connectivity index (χ3v) is 3.84. The zero-order valence-corrected chi connectivity index (χ0v) is 12.0. The van der Waals surface area contributed by atoms with E-state index in [-0.39, 0.29) is 6.10 Å². The topological polar surface area (TPSA) is 39.1 Å². The van der Waals surface area contributed by atoms with E-state index in [2.05, 4.69) is 35.7 Å². The maximum Gasteiger partial charge on any atom is 0.129 e. The van der Waals surface area contributed by atoms with E-state index in [1.165, 1.54) is 5.56 Å². The van der Waals surface area contributed by atoms with Crippen molar-refractivity contribution in [2.75, 3.05) is 7.05 Å². The predicted octanol–water partition coefficient (Wildman–Crippen LogP) is 3.08. The first-order valence-electron chi connectivity index (χ1n) is 7.27. The van der Waals surface area contributed by atoms with Crippen LogP contribution in [-0.2, 0) is 6.54 Å². The molecule has 0 bridgehead atoms. The molecule has 2 aromatic rings. The van der Waals surface area contributed by atoms with Gasteiger partial charge in [0.15, 0.2) is 0 Å². The van der Waals surface area contributed by atoms with Crippen LogP contribution < -0.4 is 10.1 Å². The Bertz CT molecular complexity index is 579. The van der Waals surface area contributed by atoms with Gasteiger partial charge in [-0.1, -0.05) is 25.1 Å². The van der Waals surface area contributed by atoms with E-state index in [9.17, 15) is 0 Å². The van der Waals surface area contributed by atoms with E-state index in [1.807, 2.05) is 30.1 Å². The second kappa shape index (κ2) is 5.67. The van der Waals surface area contributed by atoms with E-state index < -0.39 is 0 Å². The summed E-state index contributed by atoms with van der Waals surface area (Å²) in [4.78, 5) is 0. The van der Waals surface area contributed by atoms with Gasteiger partial charge in [-0.2, -0.15) is 5.10 Å². The van der Waals surface area contributed by atoms with Crippen molar-refractivity contribution in [1.82, 2.24) is 15.1 Å². The van der Waals surface area contributed by atoms with Gasteiger partial charge in [-0.05, 0) is 19.5 Å². The number of para-hydroxylation sites is 1. The Morgan fingerprint density at radius 1 is 1.40 bits per heavy atom. The number of hydrogen-bond donors (Lipinski definition) is 1. The first kappa shape index (κ1) is 13.2. The highest BCUT2D eigenvalue weighted by Crippen LogP contribution is 2.40. The van der Waals surface area contributed by atoms with Crippen molar-refractivity contribution in [3.05, 3.63) is 47.8 Å². The van der Waals surface area contributed by atoms with Gasteiger partial charge in [0, 0.05) is 36.3 Å². The van der Waals surface area contributed by atoms with Gasteiger partial charge >= 0.3 is 0 Å². The Hall–Kier alpha value is -1.81. The van der Waals surface area contributed by atoms with Crippen LogP contribution >= 0.6 is 0 Å². The molecule has 4 heteroatoms. The van der Waals surface area contributed by atoms with Crippen LogP contribution in [0.4, 0.5) is 0 Å². The average molecular weight is 271 g/mol. The van der Waals surface area contributed by atoms with Gasteiger partial charge in [0.05, 0.1) is 6.20 Å². The fraction of sp³-hybridized carbons (Fsp3) is 0.438. The first-order valence-corrected chi connectivity index (χ1v) is 7.27. The molecule has 3 rings (SSSR count). The van der Waals surface area contributed by atoms with E-state index in [0.29, 0.717) is 6.04 Å². The zero-order chi connectivity index (χ0) is 13.9. The molecule has 1 aromatic carbocycles. The van der Waals surface area contributed by atoms with Gasteiger partial charge < -0.3 is 10.1 Å². The van der Waals surface area contributed by atoms with Crippen molar-refractivity contribution in [2.45, 2.75) is 38.5 Å². The number of hydrogen-bond acceptors (Lipinski definition) is 3. The Kier molecular flexibility index (Phi) is 3.74. The Labute approximate surface area is 119 Å². The summed E-state index contributed by atoms with van der Waals surface area (Å²) >= 11 is 0. The Balaban J connectivity index is 1.85. The van der Waals surface area contributed by atoms with Crippen LogP contribution in [-0.4, -0.2) is 16.8 Å². The van der Waals surface area contributed by atoms with Crippen molar-refractivity contribution in [2.24, 2.45) is 0 Å². The minimum atomic E-state index is 0.0768. The largest absolute Gasteiger partial charge is 0.485 e. The summed E-state index contributed by atoms with van der Waals surface area (Å²) < 4.78 is 8.14. The summed E-state index contributed by atoms with van der Waals surface area (Å²) in [6.07, 6.45) is 6.14. The molecule has 1 aliphatic rings. The molecule has 0 amide bonds. The molecular formula is C16H21N3O. The molecule has 0 spiro atoms.